The number of hydrogen-bond donors (Lipinski definition) is 1. The molecule has 0 spiro atoms. The number of nitro benzene ring substituents is 1. The molecule has 0 unspecified atom stereocenters. The molecule has 9 nitrogen and oxygen atoms in total. The van der Waals surface area contributed by atoms with Crippen molar-refractivity contribution in [2.75, 3.05) is 6.61 Å². The normalized spacial score (nSPS) is 10.7. The van der Waals surface area contributed by atoms with Crippen LogP contribution in [0.3, 0.4) is 0 Å². The molecule has 30 heavy (non-hydrogen) atoms. The van der Waals surface area contributed by atoms with Crippen molar-refractivity contribution in [1.82, 2.24) is 15.4 Å². The van der Waals surface area contributed by atoms with Crippen LogP contribution >= 0.6 is 23.4 Å². The number of nitro groups is 1. The molecule has 1 amide bonds. The second-order valence-electron chi connectivity index (χ2n) is 5.65. The molecule has 152 valence electrons. The SMILES string of the molecule is O=C(COc1ccc(Cl)cc1)N/N=C/c1cc([N+](=O)[O-])ccc1Sc1ncccn1. The van der Waals surface area contributed by atoms with Gasteiger partial charge in [0.2, 0.25) is 0 Å². The van der Waals surface area contributed by atoms with Crippen LogP contribution in [-0.4, -0.2) is 33.6 Å². The van der Waals surface area contributed by atoms with Gasteiger partial charge in [-0.05, 0) is 48.2 Å². The van der Waals surface area contributed by atoms with E-state index in [4.69, 9.17) is 16.3 Å². The zero-order chi connectivity index (χ0) is 21.3. The quantitative estimate of drug-likeness (QED) is 0.244. The van der Waals surface area contributed by atoms with Gasteiger partial charge < -0.3 is 4.74 Å². The number of halogens is 1. The zero-order valence-electron chi connectivity index (χ0n) is 15.3. The van der Waals surface area contributed by atoms with Crippen LogP contribution in [0.5, 0.6) is 5.75 Å². The third-order valence-electron chi connectivity index (χ3n) is 3.52. The van der Waals surface area contributed by atoms with Crippen molar-refractivity contribution in [1.29, 1.82) is 0 Å². The number of nitrogens with one attached hydrogen (secondary N) is 1. The number of amides is 1. The van der Waals surface area contributed by atoms with Gasteiger partial charge in [0.15, 0.2) is 11.8 Å². The van der Waals surface area contributed by atoms with E-state index in [1.54, 1.807) is 48.8 Å². The summed E-state index contributed by atoms with van der Waals surface area (Å²) >= 11 is 7.01. The highest BCUT2D eigenvalue weighted by molar-refractivity contribution is 7.99. The fourth-order valence-corrected chi connectivity index (χ4v) is 3.08. The molecule has 3 rings (SSSR count). The molecule has 0 saturated heterocycles. The van der Waals surface area contributed by atoms with Crippen LogP contribution in [0.1, 0.15) is 5.56 Å². The van der Waals surface area contributed by atoms with Gasteiger partial charge >= 0.3 is 0 Å². The summed E-state index contributed by atoms with van der Waals surface area (Å²) in [5.41, 5.74) is 2.65. The third kappa shape index (κ3) is 6.26. The molecular weight excluding hydrogens is 430 g/mol. The standard InChI is InChI=1S/C19H14ClN5O4S/c20-14-2-5-16(6-3-14)29-12-18(26)24-23-11-13-10-15(25(27)28)4-7-17(13)30-19-21-8-1-9-22-19/h1-11H,12H2,(H,24,26)/b23-11+. The number of ether oxygens (including phenoxy) is 1. The number of hydrazone groups is 1. The van der Waals surface area contributed by atoms with E-state index >= 15 is 0 Å². The molecule has 0 fully saturated rings. The van der Waals surface area contributed by atoms with E-state index in [1.165, 1.54) is 30.1 Å². The van der Waals surface area contributed by atoms with Crippen LogP contribution in [0.15, 0.2) is 76.1 Å². The number of rotatable bonds is 8. The van der Waals surface area contributed by atoms with Crippen LogP contribution < -0.4 is 10.2 Å². The molecule has 0 aliphatic heterocycles. The second-order valence-corrected chi connectivity index (χ2v) is 7.09. The van der Waals surface area contributed by atoms with Crippen molar-refractivity contribution in [3.8, 4) is 5.75 Å². The molecule has 0 radical (unpaired) electrons. The Morgan fingerprint density at radius 3 is 2.67 bits per heavy atom. The second kappa shape index (κ2) is 10.3. The van der Waals surface area contributed by atoms with Crippen LogP contribution in [0.4, 0.5) is 5.69 Å². The van der Waals surface area contributed by atoms with E-state index in [-0.39, 0.29) is 12.3 Å². The predicted octanol–water partition coefficient (Wildman–Crippen LogP) is 3.72. The van der Waals surface area contributed by atoms with Gasteiger partial charge in [-0.1, -0.05) is 11.6 Å². The molecule has 0 saturated carbocycles. The fraction of sp³-hybridized carbons (Fsp3) is 0.0526. The number of non-ortho nitro benzene ring substituents is 1. The van der Waals surface area contributed by atoms with Crippen LogP contribution in [0.2, 0.25) is 5.02 Å². The van der Waals surface area contributed by atoms with E-state index in [9.17, 15) is 14.9 Å². The maximum absolute atomic E-state index is 11.9. The highest BCUT2D eigenvalue weighted by Gasteiger charge is 2.12. The molecule has 2 aromatic carbocycles. The number of nitrogens with zero attached hydrogens (tertiary/aromatic N) is 4. The molecule has 1 aromatic heterocycles. The number of carbonyl (C=O) groups is 1. The Hall–Kier alpha value is -3.50. The Morgan fingerprint density at radius 2 is 1.97 bits per heavy atom. The number of aromatic nitrogens is 2. The maximum Gasteiger partial charge on any atom is 0.277 e. The lowest BCUT2D eigenvalue weighted by atomic mass is 10.2. The Kier molecular flexibility index (Phi) is 7.30. The minimum absolute atomic E-state index is 0.104. The monoisotopic (exact) mass is 443 g/mol. The lowest BCUT2D eigenvalue weighted by Gasteiger charge is -2.06. The summed E-state index contributed by atoms with van der Waals surface area (Å²) in [7, 11) is 0. The maximum atomic E-state index is 11.9. The topological polar surface area (TPSA) is 120 Å². The smallest absolute Gasteiger partial charge is 0.277 e. The van der Waals surface area contributed by atoms with Gasteiger partial charge in [-0.25, -0.2) is 15.4 Å². The number of hydrogen-bond acceptors (Lipinski definition) is 8. The fourth-order valence-electron chi connectivity index (χ4n) is 2.17. The van der Waals surface area contributed by atoms with Crippen molar-refractivity contribution in [3.63, 3.8) is 0 Å². The van der Waals surface area contributed by atoms with E-state index in [0.29, 0.717) is 26.4 Å². The van der Waals surface area contributed by atoms with Gasteiger partial charge in [-0.15, -0.1) is 0 Å². The molecule has 1 N–H and O–H groups in total. The van der Waals surface area contributed by atoms with Crippen LogP contribution in [0.25, 0.3) is 0 Å². The summed E-state index contributed by atoms with van der Waals surface area (Å²) in [6.45, 7) is -0.257. The molecule has 0 aliphatic carbocycles. The summed E-state index contributed by atoms with van der Waals surface area (Å²) in [4.78, 5) is 31.4. The lowest BCUT2D eigenvalue weighted by Crippen LogP contribution is -2.24. The predicted molar refractivity (Wildman–Crippen MR) is 112 cm³/mol. The average molecular weight is 444 g/mol. The molecule has 0 atom stereocenters. The first-order valence-electron chi connectivity index (χ1n) is 8.45. The summed E-state index contributed by atoms with van der Waals surface area (Å²) in [5.74, 6) is -0.00834. The van der Waals surface area contributed by atoms with E-state index < -0.39 is 10.8 Å². The minimum atomic E-state index is -0.511. The number of benzene rings is 2. The van der Waals surface area contributed by atoms with Gasteiger partial charge in [0, 0.05) is 40.0 Å². The lowest BCUT2D eigenvalue weighted by molar-refractivity contribution is -0.384. The van der Waals surface area contributed by atoms with Gasteiger partial charge in [0.05, 0.1) is 11.1 Å². The first-order chi connectivity index (χ1) is 14.5. The Bertz CT molecular complexity index is 1060. The highest BCUT2D eigenvalue weighted by atomic mass is 35.5. The van der Waals surface area contributed by atoms with Crippen molar-refractivity contribution < 1.29 is 14.5 Å². The summed E-state index contributed by atoms with van der Waals surface area (Å²) in [6, 6.07) is 12.5. The number of carbonyl (C=O) groups excluding carboxylic acids is 1. The largest absolute Gasteiger partial charge is 0.484 e. The van der Waals surface area contributed by atoms with Gasteiger partial charge in [-0.3, -0.25) is 14.9 Å². The van der Waals surface area contributed by atoms with Crippen LogP contribution in [0, 0.1) is 10.1 Å². The molecule has 11 heteroatoms. The van der Waals surface area contributed by atoms with Crippen molar-refractivity contribution in [2.24, 2.45) is 5.10 Å². The van der Waals surface area contributed by atoms with E-state index in [2.05, 4.69) is 20.5 Å². The highest BCUT2D eigenvalue weighted by Crippen LogP contribution is 2.29. The zero-order valence-corrected chi connectivity index (χ0v) is 16.8. The molecule has 0 bridgehead atoms. The minimum Gasteiger partial charge on any atom is -0.484 e. The third-order valence-corrected chi connectivity index (χ3v) is 4.76. The van der Waals surface area contributed by atoms with Crippen LogP contribution in [-0.2, 0) is 4.79 Å². The van der Waals surface area contributed by atoms with Crippen molar-refractivity contribution >= 4 is 41.2 Å². The first kappa shape index (κ1) is 21.2. The van der Waals surface area contributed by atoms with E-state index in [0.717, 1.165) is 0 Å². The van der Waals surface area contributed by atoms with Gasteiger partial charge in [0.1, 0.15) is 5.75 Å². The average Bonchev–Trinajstić information content (AvgIpc) is 2.75. The van der Waals surface area contributed by atoms with E-state index in [1.807, 2.05) is 0 Å². The summed E-state index contributed by atoms with van der Waals surface area (Å²) < 4.78 is 5.32. The molecule has 0 aliphatic rings. The first-order valence-corrected chi connectivity index (χ1v) is 9.64. The van der Waals surface area contributed by atoms with Crippen molar-refractivity contribution in [3.05, 3.63) is 81.6 Å². The molecule has 3 aromatic rings. The summed E-state index contributed by atoms with van der Waals surface area (Å²) in [6.07, 6.45) is 4.50. The van der Waals surface area contributed by atoms with Crippen molar-refractivity contribution in [2.45, 2.75) is 10.1 Å². The Morgan fingerprint density at radius 1 is 1.23 bits per heavy atom. The summed E-state index contributed by atoms with van der Waals surface area (Å²) in [5, 5.41) is 16.0. The Balaban J connectivity index is 1.66. The van der Waals surface area contributed by atoms with Gasteiger partial charge in [0.25, 0.3) is 11.6 Å². The Labute approximate surface area is 180 Å². The van der Waals surface area contributed by atoms with Gasteiger partial charge in [-0.2, -0.15) is 5.10 Å². The molecular formula is C19H14ClN5O4S. The molecule has 1 heterocycles.